The van der Waals surface area contributed by atoms with Crippen LogP contribution in [-0.4, -0.2) is 13.1 Å². The number of hydrogen-bond acceptors (Lipinski definition) is 1. The van der Waals surface area contributed by atoms with Crippen LogP contribution in [0.25, 0.3) is 5.57 Å². The lowest BCUT2D eigenvalue weighted by atomic mass is 9.96. The lowest BCUT2D eigenvalue weighted by Crippen LogP contribution is -2.21. The highest BCUT2D eigenvalue weighted by atomic mass is 14.9. The molecule has 0 fully saturated rings. The van der Waals surface area contributed by atoms with Gasteiger partial charge < -0.3 is 5.32 Å². The molecule has 1 heterocycles. The van der Waals surface area contributed by atoms with Crippen molar-refractivity contribution in [3.63, 3.8) is 0 Å². The van der Waals surface area contributed by atoms with Crippen molar-refractivity contribution in [1.82, 2.24) is 5.32 Å². The van der Waals surface area contributed by atoms with Gasteiger partial charge in [0.25, 0.3) is 0 Å². The maximum Gasteiger partial charge on any atom is 0.0208 e. The molecule has 0 unspecified atom stereocenters. The van der Waals surface area contributed by atoms with Gasteiger partial charge in [-0.25, -0.2) is 0 Å². The standard InChI is InChI=1S/C14H19N/c1-11(2)12-5-3-6-13(9-12)14-7-4-8-15-10-14/h3,5-7,9,11,15H,4,8,10H2,1-2H3. The molecular weight excluding hydrogens is 182 g/mol. The van der Waals surface area contributed by atoms with Crippen molar-refractivity contribution in [3.8, 4) is 0 Å². The maximum atomic E-state index is 3.41. The lowest BCUT2D eigenvalue weighted by molar-refractivity contribution is 0.739. The Balaban J connectivity index is 2.27. The van der Waals surface area contributed by atoms with Gasteiger partial charge in [0, 0.05) is 6.54 Å². The Hall–Kier alpha value is -1.08. The summed E-state index contributed by atoms with van der Waals surface area (Å²) in [6.07, 6.45) is 3.51. The molecule has 0 radical (unpaired) electrons. The summed E-state index contributed by atoms with van der Waals surface area (Å²) in [6.45, 7) is 6.62. The molecule has 0 amide bonds. The van der Waals surface area contributed by atoms with E-state index in [2.05, 4.69) is 49.5 Å². The number of benzene rings is 1. The predicted octanol–water partition coefficient (Wildman–Crippen LogP) is 3.19. The SMILES string of the molecule is CC(C)c1cccc(C2=CCCNC2)c1. The van der Waals surface area contributed by atoms with Crippen LogP contribution in [0.1, 0.15) is 37.3 Å². The summed E-state index contributed by atoms with van der Waals surface area (Å²) in [7, 11) is 0. The molecule has 0 aliphatic carbocycles. The second kappa shape index (κ2) is 4.63. The van der Waals surface area contributed by atoms with E-state index in [-0.39, 0.29) is 0 Å². The van der Waals surface area contributed by atoms with Gasteiger partial charge in [0.15, 0.2) is 0 Å². The molecule has 0 spiro atoms. The molecule has 0 saturated heterocycles. The van der Waals surface area contributed by atoms with Crippen molar-refractivity contribution >= 4 is 5.57 Å². The Labute approximate surface area is 92.2 Å². The summed E-state index contributed by atoms with van der Waals surface area (Å²) >= 11 is 0. The van der Waals surface area contributed by atoms with Gasteiger partial charge in [0.2, 0.25) is 0 Å². The van der Waals surface area contributed by atoms with E-state index in [1.165, 1.54) is 16.7 Å². The summed E-state index contributed by atoms with van der Waals surface area (Å²) in [5.41, 5.74) is 4.26. The summed E-state index contributed by atoms with van der Waals surface area (Å²) in [6, 6.07) is 8.92. The van der Waals surface area contributed by atoms with Crippen LogP contribution in [0.2, 0.25) is 0 Å². The van der Waals surface area contributed by atoms with Crippen molar-refractivity contribution in [1.29, 1.82) is 0 Å². The largest absolute Gasteiger partial charge is 0.312 e. The van der Waals surface area contributed by atoms with Crippen molar-refractivity contribution in [2.24, 2.45) is 0 Å². The van der Waals surface area contributed by atoms with Crippen molar-refractivity contribution < 1.29 is 0 Å². The van der Waals surface area contributed by atoms with E-state index < -0.39 is 0 Å². The van der Waals surface area contributed by atoms with E-state index >= 15 is 0 Å². The molecule has 1 aromatic carbocycles. The van der Waals surface area contributed by atoms with Gasteiger partial charge in [-0.15, -0.1) is 0 Å². The molecule has 0 saturated carbocycles. The fraction of sp³-hybridized carbons (Fsp3) is 0.429. The predicted molar refractivity (Wildman–Crippen MR) is 66.0 cm³/mol. The molecule has 0 aromatic heterocycles. The zero-order valence-electron chi connectivity index (χ0n) is 9.59. The van der Waals surface area contributed by atoms with Gasteiger partial charge in [-0.3, -0.25) is 0 Å². The first-order chi connectivity index (χ1) is 7.27. The maximum absolute atomic E-state index is 3.41. The van der Waals surface area contributed by atoms with Crippen molar-refractivity contribution in [2.75, 3.05) is 13.1 Å². The number of nitrogens with one attached hydrogen (secondary N) is 1. The van der Waals surface area contributed by atoms with E-state index in [9.17, 15) is 0 Å². The molecule has 1 aliphatic rings. The fourth-order valence-corrected chi connectivity index (χ4v) is 1.96. The molecule has 2 rings (SSSR count). The van der Waals surface area contributed by atoms with Gasteiger partial charge in [-0.1, -0.05) is 44.2 Å². The van der Waals surface area contributed by atoms with Crippen LogP contribution in [0.15, 0.2) is 30.3 Å². The Morgan fingerprint density at radius 3 is 2.80 bits per heavy atom. The number of rotatable bonds is 2. The topological polar surface area (TPSA) is 12.0 Å². The minimum Gasteiger partial charge on any atom is -0.312 e. The quantitative estimate of drug-likeness (QED) is 0.775. The Morgan fingerprint density at radius 1 is 1.27 bits per heavy atom. The van der Waals surface area contributed by atoms with Gasteiger partial charge in [-0.05, 0) is 35.6 Å². The third-order valence-corrected chi connectivity index (χ3v) is 2.95. The molecule has 15 heavy (non-hydrogen) atoms. The Kier molecular flexibility index (Phi) is 3.22. The third-order valence-electron chi connectivity index (χ3n) is 2.95. The molecule has 1 heteroatoms. The van der Waals surface area contributed by atoms with Crippen LogP contribution in [0.4, 0.5) is 0 Å². The van der Waals surface area contributed by atoms with Gasteiger partial charge in [-0.2, -0.15) is 0 Å². The minimum absolute atomic E-state index is 0.613. The molecular formula is C14H19N. The third kappa shape index (κ3) is 2.48. The summed E-state index contributed by atoms with van der Waals surface area (Å²) < 4.78 is 0. The molecule has 1 aromatic rings. The number of hydrogen-bond donors (Lipinski definition) is 1. The second-order valence-corrected chi connectivity index (χ2v) is 4.47. The second-order valence-electron chi connectivity index (χ2n) is 4.47. The first kappa shape index (κ1) is 10.4. The van der Waals surface area contributed by atoms with E-state index in [1.807, 2.05) is 0 Å². The van der Waals surface area contributed by atoms with Gasteiger partial charge >= 0.3 is 0 Å². The highest BCUT2D eigenvalue weighted by Crippen LogP contribution is 2.21. The van der Waals surface area contributed by atoms with E-state index in [4.69, 9.17) is 0 Å². The lowest BCUT2D eigenvalue weighted by Gasteiger charge is -2.16. The molecule has 1 aliphatic heterocycles. The van der Waals surface area contributed by atoms with E-state index in [0.717, 1.165) is 19.5 Å². The molecule has 1 N–H and O–H groups in total. The summed E-state index contributed by atoms with van der Waals surface area (Å²) in [5.74, 6) is 0.613. The molecule has 0 bridgehead atoms. The summed E-state index contributed by atoms with van der Waals surface area (Å²) in [5, 5.41) is 3.41. The Bertz CT molecular complexity index is 363. The smallest absolute Gasteiger partial charge is 0.0208 e. The van der Waals surface area contributed by atoms with Crippen LogP contribution in [0, 0.1) is 0 Å². The summed E-state index contributed by atoms with van der Waals surface area (Å²) in [4.78, 5) is 0. The van der Waals surface area contributed by atoms with Crippen LogP contribution in [0.3, 0.4) is 0 Å². The monoisotopic (exact) mass is 201 g/mol. The average Bonchev–Trinajstić information content (AvgIpc) is 2.30. The fourth-order valence-electron chi connectivity index (χ4n) is 1.96. The van der Waals surface area contributed by atoms with Crippen LogP contribution in [0.5, 0.6) is 0 Å². The minimum atomic E-state index is 0.613. The first-order valence-electron chi connectivity index (χ1n) is 5.77. The van der Waals surface area contributed by atoms with Crippen LogP contribution >= 0.6 is 0 Å². The molecule has 80 valence electrons. The zero-order chi connectivity index (χ0) is 10.7. The molecule has 0 atom stereocenters. The van der Waals surface area contributed by atoms with Gasteiger partial charge in [0.1, 0.15) is 0 Å². The zero-order valence-corrected chi connectivity index (χ0v) is 9.59. The molecule has 1 nitrogen and oxygen atoms in total. The van der Waals surface area contributed by atoms with Crippen LogP contribution < -0.4 is 5.32 Å². The highest BCUT2D eigenvalue weighted by molar-refractivity contribution is 5.68. The van der Waals surface area contributed by atoms with Crippen LogP contribution in [-0.2, 0) is 0 Å². The van der Waals surface area contributed by atoms with E-state index in [1.54, 1.807) is 0 Å². The van der Waals surface area contributed by atoms with Crippen molar-refractivity contribution in [3.05, 3.63) is 41.5 Å². The van der Waals surface area contributed by atoms with Gasteiger partial charge in [0.05, 0.1) is 0 Å². The average molecular weight is 201 g/mol. The first-order valence-corrected chi connectivity index (χ1v) is 5.77. The van der Waals surface area contributed by atoms with E-state index in [0.29, 0.717) is 5.92 Å². The Morgan fingerprint density at radius 2 is 2.13 bits per heavy atom. The normalized spacial score (nSPS) is 16.6. The van der Waals surface area contributed by atoms with Crippen molar-refractivity contribution in [2.45, 2.75) is 26.2 Å². The highest BCUT2D eigenvalue weighted by Gasteiger charge is 2.06.